The van der Waals surface area contributed by atoms with Crippen LogP contribution in [0.25, 0.3) is 0 Å². The van der Waals surface area contributed by atoms with E-state index >= 15 is 0 Å². The summed E-state index contributed by atoms with van der Waals surface area (Å²) in [6.45, 7) is 9.67. The zero-order valence-corrected chi connectivity index (χ0v) is 20.0. The molecule has 168 valence electrons. The Bertz CT molecular complexity index is 735. The Morgan fingerprint density at radius 2 is 1.90 bits per heavy atom. The van der Waals surface area contributed by atoms with Crippen molar-refractivity contribution in [1.29, 1.82) is 0 Å². The topological polar surface area (TPSA) is 29.5 Å². The lowest BCUT2D eigenvalue weighted by atomic mass is 9.45. The van der Waals surface area contributed by atoms with Crippen molar-refractivity contribution in [3.63, 3.8) is 0 Å². The number of methoxy groups -OCH3 is 1. The van der Waals surface area contributed by atoms with E-state index in [0.717, 1.165) is 36.5 Å². The molecular formula is C28H44O2. The van der Waals surface area contributed by atoms with E-state index in [1.165, 1.54) is 51.4 Å². The number of hydrogen-bond donors (Lipinski definition) is 1. The van der Waals surface area contributed by atoms with Crippen LogP contribution in [0.4, 0.5) is 0 Å². The number of unbranched alkanes of at least 4 members (excludes halogenated alkanes) is 1. The Labute approximate surface area is 184 Å². The van der Waals surface area contributed by atoms with E-state index in [-0.39, 0.29) is 5.92 Å². The van der Waals surface area contributed by atoms with Gasteiger partial charge < -0.3 is 9.84 Å². The fourth-order valence-electron chi connectivity index (χ4n) is 10.1. The molecule has 5 fully saturated rings. The average Bonchev–Trinajstić information content (AvgIpc) is 3.24. The zero-order chi connectivity index (χ0) is 21.3. The molecular weight excluding hydrogens is 368 g/mol. The Balaban J connectivity index is 1.39. The van der Waals surface area contributed by atoms with Gasteiger partial charge in [0.15, 0.2) is 0 Å². The van der Waals surface area contributed by atoms with Gasteiger partial charge in [-0.3, -0.25) is 0 Å². The van der Waals surface area contributed by atoms with Crippen molar-refractivity contribution in [2.24, 2.45) is 51.8 Å². The van der Waals surface area contributed by atoms with Gasteiger partial charge in [-0.1, -0.05) is 33.6 Å². The molecule has 5 aliphatic rings. The third-order valence-corrected chi connectivity index (χ3v) is 11.7. The van der Waals surface area contributed by atoms with Gasteiger partial charge in [-0.15, -0.1) is 5.92 Å². The lowest BCUT2D eigenvalue weighted by Crippen LogP contribution is -2.57. The van der Waals surface area contributed by atoms with E-state index in [4.69, 9.17) is 4.74 Å². The molecule has 5 rings (SSSR count). The molecule has 0 radical (unpaired) electrons. The van der Waals surface area contributed by atoms with Crippen LogP contribution in [-0.4, -0.2) is 24.4 Å². The standard InChI is InChI=1S/C28H44O2/c1-6-7-8-9-24(29)18(2)21-10-11-22-20-16-25(30-5)28-17-19(28)12-15-27(28,4)23(20)13-14-26(21,22)3/h18-25,29H,6-7,10-17H2,1-5H3/t18-,19-,20-,21+,22-,23-,24+,25+,26+,27+,28-/m0/s1. The minimum atomic E-state index is -0.462. The third kappa shape index (κ3) is 2.64. The summed E-state index contributed by atoms with van der Waals surface area (Å²) >= 11 is 0. The van der Waals surface area contributed by atoms with Gasteiger partial charge in [0.25, 0.3) is 0 Å². The Morgan fingerprint density at radius 3 is 2.60 bits per heavy atom. The molecule has 11 atom stereocenters. The summed E-state index contributed by atoms with van der Waals surface area (Å²) in [6, 6.07) is 0. The summed E-state index contributed by atoms with van der Waals surface area (Å²) < 4.78 is 6.25. The Hall–Kier alpha value is -0.520. The molecule has 0 amide bonds. The maximum atomic E-state index is 10.8. The maximum absolute atomic E-state index is 10.8. The van der Waals surface area contributed by atoms with Crippen molar-refractivity contribution in [2.45, 2.75) is 104 Å². The first-order valence-electron chi connectivity index (χ1n) is 13.0. The van der Waals surface area contributed by atoms with E-state index in [0.29, 0.717) is 28.3 Å². The van der Waals surface area contributed by atoms with Gasteiger partial charge in [-0.25, -0.2) is 0 Å². The number of fused-ring (bicyclic) bond motifs is 4. The molecule has 5 aliphatic carbocycles. The minimum Gasteiger partial charge on any atom is -0.381 e. The molecule has 0 heterocycles. The number of aliphatic hydroxyl groups is 1. The predicted octanol–water partition coefficient (Wildman–Crippen LogP) is 6.07. The molecule has 2 nitrogen and oxygen atoms in total. The zero-order valence-electron chi connectivity index (χ0n) is 20.0. The second-order valence-electron chi connectivity index (χ2n) is 12.3. The lowest BCUT2D eigenvalue weighted by Gasteiger charge is -2.61. The highest BCUT2D eigenvalue weighted by molar-refractivity contribution is 5.26. The summed E-state index contributed by atoms with van der Waals surface area (Å²) in [4.78, 5) is 0. The smallest absolute Gasteiger partial charge is 0.117 e. The van der Waals surface area contributed by atoms with Crippen molar-refractivity contribution < 1.29 is 9.84 Å². The summed E-state index contributed by atoms with van der Waals surface area (Å²) in [6.07, 6.45) is 13.0. The van der Waals surface area contributed by atoms with Crippen molar-refractivity contribution in [3.8, 4) is 11.8 Å². The molecule has 30 heavy (non-hydrogen) atoms. The van der Waals surface area contributed by atoms with Gasteiger partial charge in [0, 0.05) is 18.9 Å². The molecule has 5 saturated carbocycles. The van der Waals surface area contributed by atoms with E-state index < -0.39 is 6.10 Å². The lowest BCUT2D eigenvalue weighted by molar-refractivity contribution is -0.162. The molecule has 0 aliphatic heterocycles. The van der Waals surface area contributed by atoms with Crippen LogP contribution in [0.3, 0.4) is 0 Å². The van der Waals surface area contributed by atoms with Crippen LogP contribution in [0.1, 0.15) is 91.9 Å². The van der Waals surface area contributed by atoms with Gasteiger partial charge in [0.1, 0.15) is 6.10 Å². The predicted molar refractivity (Wildman–Crippen MR) is 122 cm³/mol. The van der Waals surface area contributed by atoms with Crippen molar-refractivity contribution in [2.75, 3.05) is 7.11 Å². The van der Waals surface area contributed by atoms with Crippen LogP contribution in [-0.2, 0) is 4.74 Å². The quantitative estimate of drug-likeness (QED) is 0.568. The van der Waals surface area contributed by atoms with E-state index in [1.807, 2.05) is 7.11 Å². The van der Waals surface area contributed by atoms with Gasteiger partial charge >= 0.3 is 0 Å². The van der Waals surface area contributed by atoms with Crippen LogP contribution < -0.4 is 0 Å². The highest BCUT2D eigenvalue weighted by Crippen LogP contribution is 2.82. The Kier molecular flexibility index (Phi) is 5.15. The van der Waals surface area contributed by atoms with Crippen LogP contribution in [0.2, 0.25) is 0 Å². The molecule has 0 saturated heterocycles. The summed E-state index contributed by atoms with van der Waals surface area (Å²) in [5, 5.41) is 10.8. The van der Waals surface area contributed by atoms with Crippen molar-refractivity contribution >= 4 is 0 Å². The third-order valence-electron chi connectivity index (χ3n) is 11.7. The van der Waals surface area contributed by atoms with Crippen LogP contribution >= 0.6 is 0 Å². The second-order valence-corrected chi connectivity index (χ2v) is 12.3. The first kappa shape index (κ1) is 21.3. The molecule has 0 unspecified atom stereocenters. The van der Waals surface area contributed by atoms with Crippen molar-refractivity contribution in [3.05, 3.63) is 0 Å². The van der Waals surface area contributed by atoms with Gasteiger partial charge in [-0.05, 0) is 104 Å². The number of ether oxygens (including phenoxy) is 1. The average molecular weight is 413 g/mol. The number of aliphatic hydroxyl groups excluding tert-OH is 1. The Morgan fingerprint density at radius 1 is 1.10 bits per heavy atom. The highest BCUT2D eigenvalue weighted by Gasteiger charge is 2.77. The SMILES string of the molecule is CCCC#C[C@@H](O)[C@@H](C)[C@H]1CC[C@H]2[C@@H]3C[C@@H](OC)[C@]45C[C@@H]4CC[C@]5(C)[C@H]3CC[C@]12C. The molecule has 1 spiro atoms. The number of rotatable bonds is 4. The van der Waals surface area contributed by atoms with Crippen molar-refractivity contribution in [1.82, 2.24) is 0 Å². The molecule has 0 bridgehead atoms. The molecule has 0 aromatic carbocycles. The first-order chi connectivity index (χ1) is 14.3. The van der Waals surface area contributed by atoms with Gasteiger partial charge in [0.2, 0.25) is 0 Å². The van der Waals surface area contributed by atoms with E-state index in [1.54, 1.807) is 0 Å². The van der Waals surface area contributed by atoms with Crippen LogP contribution in [0.15, 0.2) is 0 Å². The second kappa shape index (κ2) is 7.25. The first-order valence-corrected chi connectivity index (χ1v) is 13.0. The molecule has 0 aromatic rings. The van der Waals surface area contributed by atoms with Gasteiger partial charge in [-0.2, -0.15) is 0 Å². The van der Waals surface area contributed by atoms with Crippen LogP contribution in [0, 0.1) is 63.6 Å². The summed E-state index contributed by atoms with van der Waals surface area (Å²) in [5.41, 5.74) is 1.40. The fraction of sp³-hybridized carbons (Fsp3) is 0.929. The summed E-state index contributed by atoms with van der Waals surface area (Å²) in [7, 11) is 1.99. The summed E-state index contributed by atoms with van der Waals surface area (Å²) in [5.74, 6) is 10.8. The normalized spacial score (nSPS) is 52.9. The van der Waals surface area contributed by atoms with E-state index in [9.17, 15) is 5.11 Å². The maximum Gasteiger partial charge on any atom is 0.117 e. The molecule has 2 heteroatoms. The van der Waals surface area contributed by atoms with Gasteiger partial charge in [0.05, 0.1) is 6.10 Å². The molecule has 0 aromatic heterocycles. The van der Waals surface area contributed by atoms with E-state index in [2.05, 4.69) is 39.5 Å². The largest absolute Gasteiger partial charge is 0.381 e. The fourth-order valence-corrected chi connectivity index (χ4v) is 10.1. The highest BCUT2D eigenvalue weighted by atomic mass is 16.5. The molecule has 1 N–H and O–H groups in total. The van der Waals surface area contributed by atoms with Crippen LogP contribution in [0.5, 0.6) is 0 Å². The monoisotopic (exact) mass is 412 g/mol. The number of hydrogen-bond acceptors (Lipinski definition) is 2. The minimum absolute atomic E-state index is 0.281.